The molecule has 0 N–H and O–H groups in total. The van der Waals surface area contributed by atoms with Crippen LogP contribution in [0.2, 0.25) is 0 Å². The van der Waals surface area contributed by atoms with Gasteiger partial charge in [-0.05, 0) is 27.2 Å². The van der Waals surface area contributed by atoms with Gasteiger partial charge < -0.3 is 4.74 Å². The second-order valence-corrected chi connectivity index (χ2v) is 4.43. The van der Waals surface area contributed by atoms with Gasteiger partial charge in [0.1, 0.15) is 6.10 Å². The SMILES string of the molecule is CCC(C)(C)O[C@H](C)C(=O)C(C)C. The maximum atomic E-state index is 11.5. The predicted octanol–water partition coefficient (Wildman–Crippen LogP) is 2.81. The van der Waals surface area contributed by atoms with Crippen LogP contribution in [-0.4, -0.2) is 17.5 Å². The minimum Gasteiger partial charge on any atom is -0.365 e. The minimum absolute atomic E-state index is 0.0580. The van der Waals surface area contributed by atoms with Gasteiger partial charge >= 0.3 is 0 Å². The van der Waals surface area contributed by atoms with Gasteiger partial charge in [-0.2, -0.15) is 0 Å². The molecule has 0 aliphatic heterocycles. The number of ketones is 1. The first kappa shape index (κ1) is 12.6. The molecule has 2 heteroatoms. The lowest BCUT2D eigenvalue weighted by Crippen LogP contribution is -2.34. The lowest BCUT2D eigenvalue weighted by Gasteiger charge is -2.28. The van der Waals surface area contributed by atoms with E-state index in [1.165, 1.54) is 0 Å². The molecule has 0 aromatic rings. The largest absolute Gasteiger partial charge is 0.365 e. The minimum atomic E-state index is -0.282. The van der Waals surface area contributed by atoms with Crippen LogP contribution in [0.4, 0.5) is 0 Å². The Bertz CT molecular complexity index is 171. The summed E-state index contributed by atoms with van der Waals surface area (Å²) in [5.74, 6) is 0.240. The van der Waals surface area contributed by atoms with E-state index in [-0.39, 0.29) is 23.4 Å². The number of carbonyl (C=O) groups is 1. The summed E-state index contributed by atoms with van der Waals surface area (Å²) in [5.41, 5.74) is -0.191. The molecule has 0 aromatic carbocycles. The van der Waals surface area contributed by atoms with Gasteiger partial charge in [-0.1, -0.05) is 20.8 Å². The summed E-state index contributed by atoms with van der Waals surface area (Å²) in [5, 5.41) is 0. The van der Waals surface area contributed by atoms with Crippen molar-refractivity contribution in [2.75, 3.05) is 0 Å². The van der Waals surface area contributed by atoms with E-state index in [2.05, 4.69) is 6.92 Å². The van der Waals surface area contributed by atoms with Crippen molar-refractivity contribution >= 4 is 5.78 Å². The first-order valence-electron chi connectivity index (χ1n) is 5.01. The highest BCUT2D eigenvalue weighted by molar-refractivity contribution is 5.84. The van der Waals surface area contributed by atoms with Gasteiger partial charge in [-0.15, -0.1) is 0 Å². The van der Waals surface area contributed by atoms with Gasteiger partial charge in [0.05, 0.1) is 5.60 Å². The van der Waals surface area contributed by atoms with Crippen LogP contribution in [-0.2, 0) is 9.53 Å². The van der Waals surface area contributed by atoms with Crippen molar-refractivity contribution in [2.24, 2.45) is 5.92 Å². The maximum absolute atomic E-state index is 11.5. The molecule has 0 unspecified atom stereocenters. The van der Waals surface area contributed by atoms with Crippen LogP contribution in [0.3, 0.4) is 0 Å². The van der Waals surface area contributed by atoms with Crippen molar-refractivity contribution in [2.45, 2.75) is 59.7 Å². The van der Waals surface area contributed by atoms with Crippen molar-refractivity contribution in [3.63, 3.8) is 0 Å². The zero-order valence-corrected chi connectivity index (χ0v) is 9.68. The molecule has 0 rings (SSSR count). The molecule has 0 radical (unpaired) electrons. The van der Waals surface area contributed by atoms with Gasteiger partial charge in [0.25, 0.3) is 0 Å². The van der Waals surface area contributed by atoms with Crippen LogP contribution in [0.15, 0.2) is 0 Å². The fourth-order valence-electron chi connectivity index (χ4n) is 1.09. The normalized spacial score (nSPS) is 14.7. The van der Waals surface area contributed by atoms with Gasteiger partial charge in [-0.3, -0.25) is 4.79 Å². The molecule has 0 aliphatic carbocycles. The zero-order valence-electron chi connectivity index (χ0n) is 9.68. The van der Waals surface area contributed by atoms with E-state index in [0.717, 1.165) is 6.42 Å². The Morgan fingerprint density at radius 1 is 1.31 bits per heavy atom. The maximum Gasteiger partial charge on any atom is 0.163 e. The van der Waals surface area contributed by atoms with Crippen LogP contribution < -0.4 is 0 Å². The van der Waals surface area contributed by atoms with E-state index in [1.54, 1.807) is 0 Å². The first-order chi connectivity index (χ1) is 5.80. The second kappa shape index (κ2) is 4.75. The van der Waals surface area contributed by atoms with Crippen LogP contribution >= 0.6 is 0 Å². The quantitative estimate of drug-likeness (QED) is 0.660. The van der Waals surface area contributed by atoms with Gasteiger partial charge in [-0.25, -0.2) is 0 Å². The fourth-order valence-corrected chi connectivity index (χ4v) is 1.09. The molecular weight excluding hydrogens is 164 g/mol. The Labute approximate surface area is 81.7 Å². The van der Waals surface area contributed by atoms with Crippen LogP contribution in [0.5, 0.6) is 0 Å². The Hall–Kier alpha value is -0.370. The fraction of sp³-hybridized carbons (Fsp3) is 0.909. The Morgan fingerprint density at radius 3 is 2.08 bits per heavy atom. The third-order valence-corrected chi connectivity index (χ3v) is 2.32. The third-order valence-electron chi connectivity index (χ3n) is 2.32. The molecule has 0 aromatic heterocycles. The molecule has 0 spiro atoms. The number of hydrogen-bond acceptors (Lipinski definition) is 2. The van der Waals surface area contributed by atoms with E-state index in [4.69, 9.17) is 4.74 Å². The third kappa shape index (κ3) is 4.41. The monoisotopic (exact) mass is 186 g/mol. The predicted molar refractivity (Wildman–Crippen MR) is 54.8 cm³/mol. The Balaban J connectivity index is 4.15. The number of hydrogen-bond donors (Lipinski definition) is 0. The molecule has 0 aliphatic rings. The van der Waals surface area contributed by atoms with Crippen molar-refractivity contribution in [1.29, 1.82) is 0 Å². The average molecular weight is 186 g/mol. The Kier molecular flexibility index (Phi) is 4.62. The smallest absolute Gasteiger partial charge is 0.163 e. The first-order valence-corrected chi connectivity index (χ1v) is 5.01. The van der Waals surface area contributed by atoms with E-state index >= 15 is 0 Å². The van der Waals surface area contributed by atoms with Crippen LogP contribution in [0.1, 0.15) is 48.0 Å². The van der Waals surface area contributed by atoms with Gasteiger partial charge in [0.15, 0.2) is 5.78 Å². The lowest BCUT2D eigenvalue weighted by atomic mass is 10.0. The summed E-state index contributed by atoms with van der Waals surface area (Å²) < 4.78 is 5.66. The molecule has 78 valence electrons. The number of Topliss-reactive ketones (excluding diaryl/α,β-unsaturated/α-hetero) is 1. The van der Waals surface area contributed by atoms with Crippen molar-refractivity contribution in [3.05, 3.63) is 0 Å². The highest BCUT2D eigenvalue weighted by Gasteiger charge is 2.24. The van der Waals surface area contributed by atoms with Crippen LogP contribution in [0.25, 0.3) is 0 Å². The van der Waals surface area contributed by atoms with E-state index in [0.29, 0.717) is 0 Å². The molecule has 13 heavy (non-hydrogen) atoms. The summed E-state index contributed by atoms with van der Waals surface area (Å²) in [7, 11) is 0. The zero-order chi connectivity index (χ0) is 10.6. The van der Waals surface area contributed by atoms with Gasteiger partial charge in [0.2, 0.25) is 0 Å². The number of ether oxygens (including phenoxy) is 1. The van der Waals surface area contributed by atoms with E-state index in [9.17, 15) is 4.79 Å². The summed E-state index contributed by atoms with van der Waals surface area (Å²) in [6, 6.07) is 0. The molecule has 0 amide bonds. The molecule has 0 fully saturated rings. The number of rotatable bonds is 5. The molecule has 2 nitrogen and oxygen atoms in total. The van der Waals surface area contributed by atoms with Crippen LogP contribution in [0, 0.1) is 5.92 Å². The van der Waals surface area contributed by atoms with Gasteiger partial charge in [0, 0.05) is 5.92 Å². The Morgan fingerprint density at radius 2 is 1.77 bits per heavy atom. The molecule has 0 bridgehead atoms. The molecule has 0 saturated heterocycles. The van der Waals surface area contributed by atoms with E-state index in [1.807, 2.05) is 34.6 Å². The van der Waals surface area contributed by atoms with Crippen molar-refractivity contribution < 1.29 is 9.53 Å². The topological polar surface area (TPSA) is 26.3 Å². The summed E-state index contributed by atoms with van der Waals surface area (Å²) in [4.78, 5) is 11.5. The summed E-state index contributed by atoms with van der Waals surface area (Å²) in [6.45, 7) is 11.7. The molecule has 0 saturated carbocycles. The second-order valence-electron chi connectivity index (χ2n) is 4.43. The highest BCUT2D eigenvalue weighted by Crippen LogP contribution is 2.17. The standard InChI is InChI=1S/C11H22O2/c1-7-11(5,6)13-9(4)10(12)8(2)3/h8-9H,7H2,1-6H3/t9-/m1/s1. The molecule has 1 atom stereocenters. The average Bonchev–Trinajstić information content (AvgIpc) is 2.02. The van der Waals surface area contributed by atoms with E-state index < -0.39 is 0 Å². The highest BCUT2D eigenvalue weighted by atomic mass is 16.5. The van der Waals surface area contributed by atoms with Crippen molar-refractivity contribution in [3.8, 4) is 0 Å². The number of carbonyl (C=O) groups excluding carboxylic acids is 1. The lowest BCUT2D eigenvalue weighted by molar-refractivity contribution is -0.143. The molecular formula is C11H22O2. The summed E-state index contributed by atoms with van der Waals surface area (Å²) in [6.07, 6.45) is 0.637. The summed E-state index contributed by atoms with van der Waals surface area (Å²) >= 11 is 0. The molecule has 0 heterocycles. The van der Waals surface area contributed by atoms with Crippen molar-refractivity contribution in [1.82, 2.24) is 0 Å².